The van der Waals surface area contributed by atoms with E-state index in [-0.39, 0.29) is 6.61 Å². The van der Waals surface area contributed by atoms with Gasteiger partial charge in [-0.05, 0) is 0 Å². The normalized spacial score (nSPS) is 11.5. The molecule has 0 aromatic heterocycles. The van der Waals surface area contributed by atoms with Crippen molar-refractivity contribution < 1.29 is 18.1 Å². The van der Waals surface area contributed by atoms with E-state index >= 15 is 0 Å². The number of hydrogen-bond donors (Lipinski definition) is 0. The fraction of sp³-hybridized carbons (Fsp3) is 1.00. The van der Waals surface area contributed by atoms with E-state index in [1.165, 1.54) is 0 Å². The number of nitrogens with zero attached hydrogens (tertiary/aromatic N) is 1. The zero-order valence-corrected chi connectivity index (χ0v) is 7.43. The molecule has 5 heteroatoms. The molecule has 0 bridgehead atoms. The fourth-order valence-electron chi connectivity index (χ4n) is 0.389. The minimum atomic E-state index is -2.66. The van der Waals surface area contributed by atoms with Crippen molar-refractivity contribution in [2.75, 3.05) is 34.3 Å². The fourth-order valence-corrected chi connectivity index (χ4v) is 0.620. The van der Waals surface area contributed by atoms with E-state index in [2.05, 4.69) is 4.52 Å². The Kier molecular flexibility index (Phi) is 3.79. The molecule has 0 aromatic rings. The van der Waals surface area contributed by atoms with Crippen LogP contribution in [0.15, 0.2) is 0 Å². The molecule has 0 unspecified atom stereocenters. The second-order valence-electron chi connectivity index (χ2n) is 3.07. The second kappa shape index (κ2) is 3.86. The lowest BCUT2D eigenvalue weighted by atomic mass is 10.5. The average molecular weight is 166 g/mol. The van der Waals surface area contributed by atoms with Gasteiger partial charge in [-0.3, -0.25) is 4.52 Å². The van der Waals surface area contributed by atoms with Crippen LogP contribution in [0.5, 0.6) is 0 Å². The summed E-state index contributed by atoms with van der Waals surface area (Å²) < 4.78 is 24.9. The van der Waals surface area contributed by atoms with Crippen LogP contribution in [0.4, 0.5) is 0 Å². The molecule has 0 fully saturated rings. The van der Waals surface area contributed by atoms with Gasteiger partial charge in [0.2, 0.25) is 0 Å². The average Bonchev–Trinajstić information content (AvgIpc) is 1.59. The Hall–Kier alpha value is -0.180. The van der Waals surface area contributed by atoms with Gasteiger partial charge >= 0.3 is 7.91 Å². The van der Waals surface area contributed by atoms with Crippen molar-refractivity contribution in [1.29, 1.82) is 0 Å². The summed E-state index contributed by atoms with van der Waals surface area (Å²) in [4.78, 5) is 0. The van der Waals surface area contributed by atoms with Crippen molar-refractivity contribution in [3.05, 3.63) is 0 Å². The Labute approximate surface area is 61.3 Å². The summed E-state index contributed by atoms with van der Waals surface area (Å²) in [6, 6.07) is 0. The van der Waals surface area contributed by atoms with Gasteiger partial charge in [0.25, 0.3) is 0 Å². The van der Waals surface area contributed by atoms with Crippen LogP contribution >= 0.6 is 7.91 Å². The van der Waals surface area contributed by atoms with E-state index in [0.29, 0.717) is 11.0 Å². The molecule has 10 heavy (non-hydrogen) atoms. The van der Waals surface area contributed by atoms with E-state index in [1.807, 2.05) is 21.1 Å². The monoisotopic (exact) mass is 166 g/mol. The van der Waals surface area contributed by atoms with E-state index in [1.54, 1.807) is 0 Å². The minimum Gasteiger partial charge on any atom is -0.329 e. The van der Waals surface area contributed by atoms with Crippen LogP contribution in [0.2, 0.25) is 0 Å². The zero-order chi connectivity index (χ0) is 8.20. The Morgan fingerprint density at radius 2 is 1.80 bits per heavy atom. The van der Waals surface area contributed by atoms with Gasteiger partial charge in [0.15, 0.2) is 0 Å². The second-order valence-corrected chi connectivity index (χ2v) is 3.78. The number of quaternary nitrogens is 1. The van der Waals surface area contributed by atoms with Gasteiger partial charge in [-0.1, -0.05) is 0 Å². The molecule has 0 aliphatic rings. The maximum atomic E-state index is 9.89. The van der Waals surface area contributed by atoms with Crippen LogP contribution in [-0.4, -0.2) is 38.8 Å². The zero-order valence-electron chi connectivity index (χ0n) is 6.53. The quantitative estimate of drug-likeness (QED) is 0.458. The molecule has 0 saturated carbocycles. The van der Waals surface area contributed by atoms with Gasteiger partial charge in [-0.15, -0.1) is 0 Å². The molecule has 0 radical (unpaired) electrons. The van der Waals surface area contributed by atoms with Gasteiger partial charge in [-0.25, -0.2) is 9.13 Å². The van der Waals surface area contributed by atoms with Gasteiger partial charge in [0.1, 0.15) is 13.2 Å². The molecule has 0 rings (SSSR count). The number of hydrogen-bond acceptors (Lipinski definition) is 3. The van der Waals surface area contributed by atoms with Gasteiger partial charge in [0, 0.05) is 0 Å². The lowest BCUT2D eigenvalue weighted by Crippen LogP contribution is -2.37. The molecule has 0 N–H and O–H groups in total. The summed E-state index contributed by atoms with van der Waals surface area (Å²) in [5.41, 5.74) is 0. The molecule has 0 aromatic carbocycles. The van der Waals surface area contributed by atoms with Crippen molar-refractivity contribution in [3.8, 4) is 0 Å². The standard InChI is InChI=1S/C5H13NO3P/c1-6(2,3)4-5-9-10(7)8/h4-5H2,1-3H3/q+1. The third-order valence-corrected chi connectivity index (χ3v) is 1.35. The van der Waals surface area contributed by atoms with E-state index in [0.717, 1.165) is 0 Å². The minimum absolute atomic E-state index is 0.266. The van der Waals surface area contributed by atoms with Crippen molar-refractivity contribution >= 4 is 7.91 Å². The first-order valence-corrected chi connectivity index (χ1v) is 4.09. The molecule has 0 saturated heterocycles. The molecule has 4 nitrogen and oxygen atoms in total. The van der Waals surface area contributed by atoms with E-state index in [4.69, 9.17) is 0 Å². The highest BCUT2D eigenvalue weighted by Crippen LogP contribution is 2.04. The molecular weight excluding hydrogens is 153 g/mol. The first kappa shape index (κ1) is 9.82. The van der Waals surface area contributed by atoms with E-state index < -0.39 is 7.91 Å². The highest BCUT2D eigenvalue weighted by atomic mass is 31.1. The summed E-state index contributed by atoms with van der Waals surface area (Å²) in [6.07, 6.45) is 0. The van der Waals surface area contributed by atoms with Crippen LogP contribution in [0, 0.1) is 0 Å². The first-order valence-electron chi connectivity index (χ1n) is 2.99. The molecule has 0 aliphatic carbocycles. The first-order chi connectivity index (χ1) is 4.42. The predicted octanol–water partition coefficient (Wildman–Crippen LogP) is 0.797. The summed E-state index contributed by atoms with van der Waals surface area (Å²) in [7, 11) is 3.26. The SMILES string of the molecule is C[N+](C)(C)CCOP(=O)=O. The third kappa shape index (κ3) is 7.82. The highest BCUT2D eigenvalue weighted by Gasteiger charge is 2.06. The summed E-state index contributed by atoms with van der Waals surface area (Å²) in [5, 5.41) is 0. The van der Waals surface area contributed by atoms with Crippen molar-refractivity contribution in [2.45, 2.75) is 0 Å². The van der Waals surface area contributed by atoms with Crippen LogP contribution in [0.1, 0.15) is 0 Å². The molecule has 0 amide bonds. The highest BCUT2D eigenvalue weighted by molar-refractivity contribution is 7.24. The van der Waals surface area contributed by atoms with E-state index in [9.17, 15) is 9.13 Å². The predicted molar refractivity (Wildman–Crippen MR) is 37.1 cm³/mol. The summed E-state index contributed by atoms with van der Waals surface area (Å²) >= 11 is 0. The smallest absolute Gasteiger partial charge is 0.329 e. The Bertz CT molecular complexity index is 151. The van der Waals surface area contributed by atoms with Crippen LogP contribution < -0.4 is 0 Å². The molecular formula is C5H13NO3P+. The summed E-state index contributed by atoms with van der Waals surface area (Å²) in [5.74, 6) is 0. The Morgan fingerprint density at radius 1 is 1.30 bits per heavy atom. The number of rotatable bonds is 4. The van der Waals surface area contributed by atoms with Crippen molar-refractivity contribution in [3.63, 3.8) is 0 Å². The molecule has 0 heterocycles. The van der Waals surface area contributed by atoms with Crippen LogP contribution in [-0.2, 0) is 13.7 Å². The Morgan fingerprint density at radius 3 is 2.10 bits per heavy atom. The third-order valence-electron chi connectivity index (χ3n) is 0.959. The van der Waals surface area contributed by atoms with Crippen molar-refractivity contribution in [1.82, 2.24) is 0 Å². The van der Waals surface area contributed by atoms with Gasteiger partial charge in [-0.2, -0.15) is 0 Å². The molecule has 0 aliphatic heterocycles. The molecule has 60 valence electrons. The topological polar surface area (TPSA) is 43.4 Å². The van der Waals surface area contributed by atoms with Gasteiger partial charge < -0.3 is 4.48 Å². The van der Waals surface area contributed by atoms with Crippen LogP contribution in [0.3, 0.4) is 0 Å². The molecule has 0 spiro atoms. The maximum Gasteiger partial charge on any atom is 0.468 e. The Balaban J connectivity index is 3.38. The lowest BCUT2D eigenvalue weighted by Gasteiger charge is -2.22. The largest absolute Gasteiger partial charge is 0.468 e. The van der Waals surface area contributed by atoms with Gasteiger partial charge in [0.05, 0.1) is 21.1 Å². The molecule has 0 atom stereocenters. The summed E-state index contributed by atoms with van der Waals surface area (Å²) in [6.45, 7) is 0.964. The van der Waals surface area contributed by atoms with Crippen molar-refractivity contribution in [2.24, 2.45) is 0 Å². The number of likely N-dealkylation sites (N-methyl/N-ethyl adjacent to an activating group) is 1. The van der Waals surface area contributed by atoms with Crippen LogP contribution in [0.25, 0.3) is 0 Å². The maximum absolute atomic E-state index is 9.89. The lowest BCUT2D eigenvalue weighted by molar-refractivity contribution is -0.870.